The van der Waals surface area contributed by atoms with Crippen LogP contribution in [0, 0.1) is 17.2 Å². The Hall–Kier alpha value is -5.97. The van der Waals surface area contributed by atoms with E-state index in [-0.39, 0.29) is 42.6 Å². The van der Waals surface area contributed by atoms with E-state index in [0.29, 0.717) is 27.4 Å². The summed E-state index contributed by atoms with van der Waals surface area (Å²) in [6.07, 6.45) is 1.84. The molecular weight excluding hydrogens is 726 g/mol. The number of nitriles is 1. The number of benzene rings is 3. The van der Waals surface area contributed by atoms with Gasteiger partial charge < -0.3 is 30.2 Å². The molecular formula is C41H46ClN5O8. The molecule has 1 heterocycles. The number of rotatable bonds is 15. The lowest BCUT2D eigenvalue weighted by Gasteiger charge is -2.20. The predicted molar refractivity (Wildman–Crippen MR) is 210 cm³/mol. The van der Waals surface area contributed by atoms with Gasteiger partial charge in [0.05, 0.1) is 30.5 Å². The molecule has 0 radical (unpaired) electrons. The Kier molecular flexibility index (Phi) is 17.1. The first-order chi connectivity index (χ1) is 26.3. The second-order valence-electron chi connectivity index (χ2n) is 12.7. The fraction of sp³-hybridized carbons (Fsp3) is 0.317. The van der Waals surface area contributed by atoms with Gasteiger partial charge in [0.1, 0.15) is 25.0 Å². The number of ether oxygens (including phenoxy) is 3. The minimum Gasteiger partial charge on any atom is -0.495 e. The van der Waals surface area contributed by atoms with Crippen molar-refractivity contribution in [2.45, 2.75) is 52.3 Å². The fourth-order valence-corrected chi connectivity index (χ4v) is 5.44. The number of pyridine rings is 1. The summed E-state index contributed by atoms with van der Waals surface area (Å²) in [7, 11) is 5.17. The third-order valence-electron chi connectivity index (χ3n) is 7.89. The van der Waals surface area contributed by atoms with Crippen LogP contribution in [0.3, 0.4) is 0 Å². The van der Waals surface area contributed by atoms with E-state index >= 15 is 0 Å². The number of carbonyl (C=O) groups is 4. The van der Waals surface area contributed by atoms with Crippen molar-refractivity contribution in [2.24, 2.45) is 5.92 Å². The molecule has 4 aromatic rings. The number of aromatic nitrogens is 1. The molecule has 0 saturated heterocycles. The molecule has 0 saturated carbocycles. The number of esters is 2. The zero-order valence-corrected chi connectivity index (χ0v) is 32.4. The van der Waals surface area contributed by atoms with Crippen LogP contribution in [0.2, 0.25) is 5.02 Å². The van der Waals surface area contributed by atoms with Crippen LogP contribution in [-0.2, 0) is 30.5 Å². The molecule has 2 unspecified atom stereocenters. The Labute approximate surface area is 325 Å². The minimum atomic E-state index is -1.22. The number of hydrogen-bond acceptors (Lipinski definition) is 10. The fourth-order valence-electron chi connectivity index (χ4n) is 5.27. The van der Waals surface area contributed by atoms with Gasteiger partial charge in [-0.3, -0.25) is 19.0 Å². The Balaban J connectivity index is 0.00000262. The van der Waals surface area contributed by atoms with E-state index in [2.05, 4.69) is 22.0 Å². The van der Waals surface area contributed by atoms with Crippen LogP contribution in [0.15, 0.2) is 89.9 Å². The normalized spacial score (nSPS) is 11.5. The SMILES string of the molecule is CCC(C(=O)Nc1ccc(C(=O)OCC(NC(=O)CC(C)C)C(=O)OCc2ccccc2)cc1)n1cc(OC)c(-c2cc(Cl)ccc2C#N)cc1=O.CNC. The van der Waals surface area contributed by atoms with Crippen LogP contribution in [0.5, 0.6) is 5.75 Å². The number of nitrogens with zero attached hydrogens (tertiary/aromatic N) is 2. The van der Waals surface area contributed by atoms with Crippen molar-refractivity contribution in [3.8, 4) is 22.9 Å². The number of amides is 2. The van der Waals surface area contributed by atoms with Gasteiger partial charge in [0, 0.05) is 34.3 Å². The number of nitrogens with one attached hydrogen (secondary N) is 3. The maximum atomic E-state index is 13.4. The van der Waals surface area contributed by atoms with E-state index in [1.165, 1.54) is 48.2 Å². The summed E-state index contributed by atoms with van der Waals surface area (Å²) in [6.45, 7) is 4.99. The third kappa shape index (κ3) is 12.8. The van der Waals surface area contributed by atoms with Gasteiger partial charge in [-0.2, -0.15) is 5.26 Å². The Morgan fingerprint density at radius 2 is 1.60 bits per heavy atom. The molecule has 3 N–H and O–H groups in total. The third-order valence-corrected chi connectivity index (χ3v) is 8.12. The van der Waals surface area contributed by atoms with Crippen molar-refractivity contribution < 1.29 is 33.4 Å². The number of hydrogen-bond donors (Lipinski definition) is 3. The van der Waals surface area contributed by atoms with E-state index in [4.69, 9.17) is 25.8 Å². The van der Waals surface area contributed by atoms with E-state index in [1.807, 2.05) is 34.0 Å². The number of methoxy groups -OCH3 is 1. The molecule has 0 aliphatic heterocycles. The van der Waals surface area contributed by atoms with Gasteiger partial charge in [-0.05, 0) is 74.5 Å². The summed E-state index contributed by atoms with van der Waals surface area (Å²) < 4.78 is 17.6. The average Bonchev–Trinajstić information content (AvgIpc) is 3.16. The van der Waals surface area contributed by atoms with Gasteiger partial charge in [0.15, 0.2) is 6.04 Å². The quantitative estimate of drug-likeness (QED) is 0.123. The second kappa shape index (κ2) is 21.7. The van der Waals surface area contributed by atoms with E-state index in [0.717, 1.165) is 5.56 Å². The van der Waals surface area contributed by atoms with Crippen molar-refractivity contribution in [3.05, 3.63) is 117 Å². The number of anilines is 1. The standard InChI is InChI=1S/C39H39ClN4O8.C2H7N/c1-5-33(44-21-34(50-4)31(19-36(44)46)30-18-28(40)14-11-27(30)20-41)37(47)42-29-15-12-26(13-16-29)38(48)52-23-32(43-35(45)17-24(2)3)39(49)51-22-25-9-7-6-8-10-25;1-3-2/h6-16,18-19,21,24,32-33H,5,17,22-23H2,1-4H3,(H,42,47)(H,43,45);3H,1-2H3. The van der Waals surface area contributed by atoms with Gasteiger partial charge >= 0.3 is 11.9 Å². The molecule has 0 aliphatic carbocycles. The maximum Gasteiger partial charge on any atom is 0.338 e. The minimum absolute atomic E-state index is 0.0179. The first kappa shape index (κ1) is 43.4. The summed E-state index contributed by atoms with van der Waals surface area (Å²) in [5, 5.41) is 18.1. The van der Waals surface area contributed by atoms with E-state index < -0.39 is 42.1 Å². The summed E-state index contributed by atoms with van der Waals surface area (Å²) >= 11 is 6.16. The van der Waals surface area contributed by atoms with Gasteiger partial charge in [-0.15, -0.1) is 0 Å². The van der Waals surface area contributed by atoms with Crippen LogP contribution < -0.4 is 26.2 Å². The van der Waals surface area contributed by atoms with Crippen LogP contribution in [0.1, 0.15) is 61.1 Å². The topological polar surface area (TPSA) is 178 Å². The lowest BCUT2D eigenvalue weighted by molar-refractivity contribution is -0.150. The molecule has 0 fully saturated rings. The van der Waals surface area contributed by atoms with Crippen LogP contribution >= 0.6 is 11.6 Å². The molecule has 3 aromatic carbocycles. The molecule has 0 aliphatic rings. The van der Waals surface area contributed by atoms with Gasteiger partial charge in [-0.1, -0.05) is 62.7 Å². The molecule has 290 valence electrons. The lowest BCUT2D eigenvalue weighted by Crippen LogP contribution is -2.45. The van der Waals surface area contributed by atoms with E-state index in [1.54, 1.807) is 49.4 Å². The molecule has 1 aromatic heterocycles. The second-order valence-corrected chi connectivity index (χ2v) is 13.1. The van der Waals surface area contributed by atoms with Gasteiger partial charge in [0.25, 0.3) is 5.56 Å². The zero-order valence-electron chi connectivity index (χ0n) is 31.7. The monoisotopic (exact) mass is 771 g/mol. The number of carbonyl (C=O) groups excluding carboxylic acids is 4. The van der Waals surface area contributed by atoms with Crippen molar-refractivity contribution >= 4 is 41.0 Å². The highest BCUT2D eigenvalue weighted by Crippen LogP contribution is 2.33. The average molecular weight is 772 g/mol. The highest BCUT2D eigenvalue weighted by molar-refractivity contribution is 6.31. The van der Waals surface area contributed by atoms with Gasteiger partial charge in [0.2, 0.25) is 11.8 Å². The molecule has 14 heteroatoms. The molecule has 4 rings (SSSR count). The molecule has 2 amide bonds. The Bertz CT molecular complexity index is 2030. The predicted octanol–water partition coefficient (Wildman–Crippen LogP) is 5.91. The lowest BCUT2D eigenvalue weighted by atomic mass is 10.00. The molecule has 2 atom stereocenters. The first-order valence-corrected chi connectivity index (χ1v) is 17.9. The molecule has 0 bridgehead atoms. The van der Waals surface area contributed by atoms with Crippen LogP contribution in [-0.4, -0.2) is 62.2 Å². The van der Waals surface area contributed by atoms with Gasteiger partial charge in [-0.25, -0.2) is 9.59 Å². The summed E-state index contributed by atoms with van der Waals surface area (Å²) in [5.74, 6) is -2.09. The van der Waals surface area contributed by atoms with Crippen LogP contribution in [0.4, 0.5) is 5.69 Å². The highest BCUT2D eigenvalue weighted by Gasteiger charge is 2.26. The van der Waals surface area contributed by atoms with E-state index in [9.17, 15) is 29.2 Å². The van der Waals surface area contributed by atoms with Crippen molar-refractivity contribution in [1.29, 1.82) is 5.26 Å². The molecule has 0 spiro atoms. The van der Waals surface area contributed by atoms with Crippen molar-refractivity contribution in [2.75, 3.05) is 33.1 Å². The first-order valence-electron chi connectivity index (χ1n) is 17.5. The van der Waals surface area contributed by atoms with Crippen molar-refractivity contribution in [1.82, 2.24) is 15.2 Å². The number of halogens is 1. The molecule has 55 heavy (non-hydrogen) atoms. The summed E-state index contributed by atoms with van der Waals surface area (Å²) in [6, 6.07) is 20.8. The van der Waals surface area contributed by atoms with Crippen LogP contribution in [0.25, 0.3) is 11.1 Å². The largest absolute Gasteiger partial charge is 0.495 e. The summed E-state index contributed by atoms with van der Waals surface area (Å²) in [5.41, 5.74) is 1.80. The Morgan fingerprint density at radius 3 is 2.20 bits per heavy atom. The summed E-state index contributed by atoms with van der Waals surface area (Å²) in [4.78, 5) is 65.0. The highest BCUT2D eigenvalue weighted by atomic mass is 35.5. The Morgan fingerprint density at radius 1 is 0.927 bits per heavy atom. The van der Waals surface area contributed by atoms with Crippen molar-refractivity contribution in [3.63, 3.8) is 0 Å². The smallest absolute Gasteiger partial charge is 0.338 e. The molecule has 13 nitrogen and oxygen atoms in total. The zero-order chi connectivity index (χ0) is 40.5. The maximum absolute atomic E-state index is 13.4.